The summed E-state index contributed by atoms with van der Waals surface area (Å²) in [4.78, 5) is 23.2. The highest BCUT2D eigenvalue weighted by Gasteiger charge is 2.15. The van der Waals surface area contributed by atoms with E-state index in [1.165, 1.54) is 11.5 Å². The Kier molecular flexibility index (Phi) is 7.45. The predicted molar refractivity (Wildman–Crippen MR) is 91.3 cm³/mol. The second-order valence-electron chi connectivity index (χ2n) is 4.69. The van der Waals surface area contributed by atoms with E-state index >= 15 is 0 Å². The molecule has 1 aliphatic rings. The molecule has 2 amide bonds. The topological polar surface area (TPSA) is 67.4 Å². The normalized spacial score (nSPS) is 14.5. The van der Waals surface area contributed by atoms with Crippen LogP contribution in [0.25, 0.3) is 0 Å². The first kappa shape index (κ1) is 17.0. The van der Waals surface area contributed by atoms with Gasteiger partial charge in [0.25, 0.3) is 5.91 Å². The minimum absolute atomic E-state index is 0.0120. The average Bonchev–Trinajstić information content (AvgIpc) is 3.05. The SMILES string of the molecule is O=C(CNC(=O)COc1ccccc1)NCCC1SCCS1. The molecule has 1 saturated heterocycles. The number of nitrogens with one attached hydrogen (secondary N) is 2. The van der Waals surface area contributed by atoms with Crippen LogP contribution in [0.15, 0.2) is 30.3 Å². The molecule has 0 aromatic heterocycles. The van der Waals surface area contributed by atoms with Crippen LogP contribution in [0, 0.1) is 0 Å². The fourth-order valence-electron chi connectivity index (χ4n) is 1.86. The van der Waals surface area contributed by atoms with Gasteiger partial charge in [0.1, 0.15) is 5.75 Å². The van der Waals surface area contributed by atoms with Gasteiger partial charge in [-0.25, -0.2) is 0 Å². The number of ether oxygens (including phenoxy) is 1. The number of carbonyl (C=O) groups is 2. The number of thioether (sulfide) groups is 2. The standard InChI is InChI=1S/C15H20N2O3S2/c18-13(16-7-6-15-21-8-9-22-15)10-17-14(19)11-20-12-4-2-1-3-5-12/h1-5,15H,6-11H2,(H,16,18)(H,17,19). The molecule has 1 aliphatic heterocycles. The molecule has 1 fully saturated rings. The molecular weight excluding hydrogens is 320 g/mol. The van der Waals surface area contributed by atoms with Crippen LogP contribution in [-0.4, -0.2) is 47.6 Å². The van der Waals surface area contributed by atoms with Crippen LogP contribution in [0.1, 0.15) is 6.42 Å². The second kappa shape index (κ2) is 9.63. The van der Waals surface area contributed by atoms with Gasteiger partial charge in [-0.3, -0.25) is 9.59 Å². The summed E-state index contributed by atoms with van der Waals surface area (Å²) in [5.41, 5.74) is 0. The van der Waals surface area contributed by atoms with Crippen molar-refractivity contribution in [2.45, 2.75) is 11.0 Å². The van der Waals surface area contributed by atoms with E-state index in [1.54, 1.807) is 12.1 Å². The molecular formula is C15H20N2O3S2. The Labute approximate surface area is 138 Å². The summed E-state index contributed by atoms with van der Waals surface area (Å²) in [7, 11) is 0. The Balaban J connectivity index is 1.52. The zero-order chi connectivity index (χ0) is 15.6. The number of hydrogen-bond acceptors (Lipinski definition) is 5. The Morgan fingerprint density at radius 1 is 1.09 bits per heavy atom. The third kappa shape index (κ3) is 6.62. The molecule has 7 heteroatoms. The van der Waals surface area contributed by atoms with Crippen molar-refractivity contribution in [2.24, 2.45) is 0 Å². The van der Waals surface area contributed by atoms with Crippen molar-refractivity contribution in [3.8, 4) is 5.75 Å². The summed E-state index contributed by atoms with van der Waals surface area (Å²) in [6.07, 6.45) is 0.964. The molecule has 0 bridgehead atoms. The highest BCUT2D eigenvalue weighted by molar-refractivity contribution is 8.20. The van der Waals surface area contributed by atoms with Gasteiger partial charge in [-0.1, -0.05) is 18.2 Å². The minimum Gasteiger partial charge on any atom is -0.484 e. The number of carbonyl (C=O) groups excluding carboxylic acids is 2. The summed E-state index contributed by atoms with van der Waals surface area (Å²) in [6, 6.07) is 9.10. The van der Waals surface area contributed by atoms with Crippen molar-refractivity contribution in [2.75, 3.05) is 31.2 Å². The maximum atomic E-state index is 11.6. The smallest absolute Gasteiger partial charge is 0.258 e. The van der Waals surface area contributed by atoms with Crippen LogP contribution in [-0.2, 0) is 9.59 Å². The second-order valence-corrected chi connectivity index (χ2v) is 7.61. The van der Waals surface area contributed by atoms with Crippen molar-refractivity contribution in [1.29, 1.82) is 0 Å². The van der Waals surface area contributed by atoms with E-state index in [9.17, 15) is 9.59 Å². The van der Waals surface area contributed by atoms with E-state index in [4.69, 9.17) is 4.74 Å². The molecule has 22 heavy (non-hydrogen) atoms. The van der Waals surface area contributed by atoms with E-state index in [2.05, 4.69) is 10.6 Å². The fourth-order valence-corrected chi connectivity index (χ4v) is 4.69. The lowest BCUT2D eigenvalue weighted by molar-refractivity contribution is -0.127. The van der Waals surface area contributed by atoms with Gasteiger partial charge in [0.2, 0.25) is 5.91 Å². The molecule has 1 heterocycles. The maximum absolute atomic E-state index is 11.6. The van der Waals surface area contributed by atoms with Gasteiger partial charge < -0.3 is 15.4 Å². The number of para-hydroxylation sites is 1. The maximum Gasteiger partial charge on any atom is 0.258 e. The predicted octanol–water partition coefficient (Wildman–Crippen LogP) is 1.49. The van der Waals surface area contributed by atoms with Gasteiger partial charge in [-0.2, -0.15) is 0 Å². The van der Waals surface area contributed by atoms with Crippen molar-refractivity contribution in [1.82, 2.24) is 10.6 Å². The van der Waals surface area contributed by atoms with E-state index in [-0.39, 0.29) is 25.0 Å². The van der Waals surface area contributed by atoms with Crippen molar-refractivity contribution >= 4 is 35.3 Å². The van der Waals surface area contributed by atoms with Gasteiger partial charge in [0.15, 0.2) is 6.61 Å². The number of amides is 2. The monoisotopic (exact) mass is 340 g/mol. The van der Waals surface area contributed by atoms with Gasteiger partial charge >= 0.3 is 0 Å². The van der Waals surface area contributed by atoms with Crippen LogP contribution in [0.4, 0.5) is 0 Å². The highest BCUT2D eigenvalue weighted by atomic mass is 32.2. The molecule has 2 rings (SSSR count). The largest absolute Gasteiger partial charge is 0.484 e. The molecule has 0 aliphatic carbocycles. The first-order chi connectivity index (χ1) is 10.7. The summed E-state index contributed by atoms with van der Waals surface area (Å²) in [5.74, 6) is 2.55. The fraction of sp³-hybridized carbons (Fsp3) is 0.467. The summed E-state index contributed by atoms with van der Waals surface area (Å²) in [5, 5.41) is 5.36. The van der Waals surface area contributed by atoms with E-state index < -0.39 is 0 Å². The molecule has 1 aromatic rings. The van der Waals surface area contributed by atoms with Gasteiger partial charge in [0.05, 0.1) is 11.1 Å². The number of rotatable bonds is 8. The zero-order valence-electron chi connectivity index (χ0n) is 12.2. The minimum atomic E-state index is -0.305. The van der Waals surface area contributed by atoms with Gasteiger partial charge in [-0.15, -0.1) is 23.5 Å². The lowest BCUT2D eigenvalue weighted by Crippen LogP contribution is -2.39. The lowest BCUT2D eigenvalue weighted by Gasteiger charge is -2.10. The van der Waals surface area contributed by atoms with Crippen LogP contribution in [0.2, 0.25) is 0 Å². The molecule has 5 nitrogen and oxygen atoms in total. The molecule has 0 radical (unpaired) electrons. The molecule has 0 atom stereocenters. The van der Waals surface area contributed by atoms with E-state index in [0.29, 0.717) is 16.9 Å². The first-order valence-corrected chi connectivity index (χ1v) is 9.28. The van der Waals surface area contributed by atoms with E-state index in [0.717, 1.165) is 6.42 Å². The summed E-state index contributed by atoms with van der Waals surface area (Å²) < 4.78 is 5.89. The van der Waals surface area contributed by atoms with Crippen LogP contribution < -0.4 is 15.4 Å². The Bertz CT molecular complexity index is 479. The van der Waals surface area contributed by atoms with Gasteiger partial charge in [-0.05, 0) is 18.6 Å². The van der Waals surface area contributed by atoms with E-state index in [1.807, 2.05) is 41.7 Å². The molecule has 0 unspecified atom stereocenters. The van der Waals surface area contributed by atoms with Crippen molar-refractivity contribution in [3.63, 3.8) is 0 Å². The van der Waals surface area contributed by atoms with Crippen molar-refractivity contribution in [3.05, 3.63) is 30.3 Å². The quantitative estimate of drug-likeness (QED) is 0.751. The van der Waals surface area contributed by atoms with Crippen LogP contribution in [0.5, 0.6) is 5.75 Å². The Morgan fingerprint density at radius 2 is 1.82 bits per heavy atom. The lowest BCUT2D eigenvalue weighted by atomic mass is 10.3. The highest BCUT2D eigenvalue weighted by Crippen LogP contribution is 2.33. The average molecular weight is 340 g/mol. The molecule has 1 aromatic carbocycles. The zero-order valence-corrected chi connectivity index (χ0v) is 13.9. The van der Waals surface area contributed by atoms with Crippen LogP contribution in [0.3, 0.4) is 0 Å². The Morgan fingerprint density at radius 3 is 2.55 bits per heavy atom. The molecule has 2 N–H and O–H groups in total. The number of hydrogen-bond donors (Lipinski definition) is 2. The summed E-state index contributed by atoms with van der Waals surface area (Å²) in [6.45, 7) is 0.550. The molecule has 120 valence electrons. The van der Waals surface area contributed by atoms with Crippen molar-refractivity contribution < 1.29 is 14.3 Å². The first-order valence-electron chi connectivity index (χ1n) is 7.18. The summed E-state index contributed by atoms with van der Waals surface area (Å²) >= 11 is 3.88. The van der Waals surface area contributed by atoms with Gasteiger partial charge in [0, 0.05) is 18.1 Å². The van der Waals surface area contributed by atoms with Crippen LogP contribution >= 0.6 is 23.5 Å². The third-order valence-electron chi connectivity index (χ3n) is 2.95. The third-order valence-corrected chi connectivity index (χ3v) is 6.12. The Hall–Kier alpha value is -1.34. The molecule has 0 saturated carbocycles. The number of benzene rings is 1. The molecule has 0 spiro atoms.